The fourth-order valence-electron chi connectivity index (χ4n) is 1.50. The minimum Gasteiger partial charge on any atom is -0.337 e. The zero-order valence-electron chi connectivity index (χ0n) is 8.03. The zero-order valence-corrected chi connectivity index (χ0v) is 8.03. The van der Waals surface area contributed by atoms with E-state index in [9.17, 15) is 4.79 Å². The van der Waals surface area contributed by atoms with E-state index in [-0.39, 0.29) is 5.92 Å². The maximum Gasteiger partial charge on any atom is 0.171 e. The Balaban J connectivity index is 2.16. The van der Waals surface area contributed by atoms with Crippen LogP contribution in [0.15, 0.2) is 18.2 Å². The predicted molar refractivity (Wildman–Crippen MR) is 50.8 cm³/mol. The van der Waals surface area contributed by atoms with Crippen LogP contribution in [0.25, 0.3) is 0 Å². The second-order valence-electron chi connectivity index (χ2n) is 3.61. The molecule has 74 valence electrons. The van der Waals surface area contributed by atoms with Gasteiger partial charge in [-0.25, -0.2) is 0 Å². The normalized spacial score (nSPS) is 15.8. The van der Waals surface area contributed by atoms with Crippen molar-refractivity contribution >= 4 is 6.29 Å². The van der Waals surface area contributed by atoms with Crippen molar-refractivity contribution in [2.24, 2.45) is 5.92 Å². The number of fused-ring (bicyclic) bond motifs is 1. The Kier molecular flexibility index (Phi) is 2.50. The minimum absolute atomic E-state index is 0.0513. The first-order valence-electron chi connectivity index (χ1n) is 4.66. The van der Waals surface area contributed by atoms with E-state index in [4.69, 9.17) is 9.78 Å². The van der Waals surface area contributed by atoms with Gasteiger partial charge in [0.25, 0.3) is 0 Å². The molecule has 1 aromatic carbocycles. The van der Waals surface area contributed by atoms with Crippen LogP contribution >= 0.6 is 0 Å². The fourth-order valence-corrected chi connectivity index (χ4v) is 1.50. The number of hydrogen-bond acceptors (Lipinski definition) is 3. The Morgan fingerprint density at radius 1 is 1.57 bits per heavy atom. The smallest absolute Gasteiger partial charge is 0.171 e. The lowest BCUT2D eigenvalue weighted by Gasteiger charge is -2.04. The first kappa shape index (κ1) is 9.21. The number of rotatable bonds is 3. The SMILES string of the molecule is CC(C=O)Cc1ccc2c(c1)OOC2. The van der Waals surface area contributed by atoms with Crippen LogP contribution in [0.3, 0.4) is 0 Å². The zero-order chi connectivity index (χ0) is 9.97. The molecule has 0 N–H and O–H groups in total. The van der Waals surface area contributed by atoms with Crippen molar-refractivity contribution in [2.75, 3.05) is 0 Å². The first-order chi connectivity index (χ1) is 6.79. The van der Waals surface area contributed by atoms with Gasteiger partial charge in [0, 0.05) is 11.5 Å². The molecule has 0 spiro atoms. The van der Waals surface area contributed by atoms with Gasteiger partial charge in [0.1, 0.15) is 12.9 Å². The van der Waals surface area contributed by atoms with E-state index in [0.717, 1.165) is 29.6 Å². The third-order valence-electron chi connectivity index (χ3n) is 2.28. The van der Waals surface area contributed by atoms with E-state index in [1.54, 1.807) is 0 Å². The molecule has 1 atom stereocenters. The van der Waals surface area contributed by atoms with Crippen molar-refractivity contribution in [3.63, 3.8) is 0 Å². The van der Waals surface area contributed by atoms with E-state index >= 15 is 0 Å². The summed E-state index contributed by atoms with van der Waals surface area (Å²) in [6.07, 6.45) is 1.71. The number of aldehydes is 1. The van der Waals surface area contributed by atoms with E-state index in [0.29, 0.717) is 6.61 Å². The lowest BCUT2D eigenvalue weighted by molar-refractivity contribution is -0.194. The summed E-state index contributed by atoms with van der Waals surface area (Å²) in [5, 5.41) is 0. The Hall–Kier alpha value is -1.35. The highest BCUT2D eigenvalue weighted by atomic mass is 17.2. The molecule has 1 heterocycles. The molecule has 0 aliphatic carbocycles. The molecule has 0 saturated carbocycles. The molecule has 0 radical (unpaired) electrons. The summed E-state index contributed by atoms with van der Waals surface area (Å²) in [7, 11) is 0. The standard InChI is InChI=1S/C11H12O3/c1-8(6-12)4-9-2-3-10-7-13-14-11(10)5-9/h2-3,5-6,8H,4,7H2,1H3. The molecule has 0 fully saturated rings. The highest BCUT2D eigenvalue weighted by Crippen LogP contribution is 2.27. The maximum atomic E-state index is 10.5. The summed E-state index contributed by atoms with van der Waals surface area (Å²) >= 11 is 0. The van der Waals surface area contributed by atoms with Crippen LogP contribution in [0.5, 0.6) is 5.75 Å². The second-order valence-corrected chi connectivity index (χ2v) is 3.61. The summed E-state index contributed by atoms with van der Waals surface area (Å²) in [6, 6.07) is 5.92. The highest BCUT2D eigenvalue weighted by molar-refractivity contribution is 5.54. The van der Waals surface area contributed by atoms with E-state index in [2.05, 4.69) is 0 Å². The van der Waals surface area contributed by atoms with Crippen LogP contribution < -0.4 is 4.89 Å². The Bertz CT molecular complexity index is 346. The van der Waals surface area contributed by atoms with Crippen LogP contribution in [0.1, 0.15) is 18.1 Å². The summed E-state index contributed by atoms with van der Waals surface area (Å²) < 4.78 is 0. The van der Waals surface area contributed by atoms with Crippen LogP contribution in [0, 0.1) is 5.92 Å². The second kappa shape index (κ2) is 3.80. The molecule has 0 aromatic heterocycles. The number of carbonyl (C=O) groups is 1. The van der Waals surface area contributed by atoms with Gasteiger partial charge in [0.2, 0.25) is 0 Å². The van der Waals surface area contributed by atoms with Gasteiger partial charge < -0.3 is 9.68 Å². The van der Waals surface area contributed by atoms with Crippen molar-refractivity contribution in [3.8, 4) is 5.75 Å². The number of benzene rings is 1. The molecule has 2 rings (SSSR count). The van der Waals surface area contributed by atoms with Crippen molar-refractivity contribution < 1.29 is 14.6 Å². The van der Waals surface area contributed by atoms with Gasteiger partial charge in [-0.2, -0.15) is 4.89 Å². The maximum absolute atomic E-state index is 10.5. The number of hydrogen-bond donors (Lipinski definition) is 0. The summed E-state index contributed by atoms with van der Waals surface area (Å²) in [5.74, 6) is 0.830. The molecule has 3 nitrogen and oxygen atoms in total. The molecule has 1 aliphatic rings. The lowest BCUT2D eigenvalue weighted by atomic mass is 10.0. The Labute approximate surface area is 82.6 Å². The molecular formula is C11H12O3. The lowest BCUT2D eigenvalue weighted by Crippen LogP contribution is -2.00. The average Bonchev–Trinajstić information content (AvgIpc) is 2.64. The molecule has 3 heteroatoms. The van der Waals surface area contributed by atoms with Gasteiger partial charge in [-0.05, 0) is 18.1 Å². The molecule has 0 amide bonds. The quantitative estimate of drug-likeness (QED) is 0.542. The molecule has 1 aromatic rings. The van der Waals surface area contributed by atoms with Crippen LogP contribution in [0.2, 0.25) is 0 Å². The van der Waals surface area contributed by atoms with Crippen LogP contribution in [-0.2, 0) is 22.7 Å². The van der Waals surface area contributed by atoms with Crippen LogP contribution in [-0.4, -0.2) is 6.29 Å². The third kappa shape index (κ3) is 1.77. The molecule has 14 heavy (non-hydrogen) atoms. The van der Waals surface area contributed by atoms with E-state index in [1.807, 2.05) is 25.1 Å². The fraction of sp³-hybridized carbons (Fsp3) is 0.364. The van der Waals surface area contributed by atoms with Gasteiger partial charge >= 0.3 is 0 Å². The van der Waals surface area contributed by atoms with Crippen molar-refractivity contribution in [2.45, 2.75) is 20.0 Å². The molecule has 1 unspecified atom stereocenters. The van der Waals surface area contributed by atoms with Gasteiger partial charge in [0.05, 0.1) is 0 Å². The molecule has 0 saturated heterocycles. The van der Waals surface area contributed by atoms with E-state index < -0.39 is 0 Å². The monoisotopic (exact) mass is 192 g/mol. The van der Waals surface area contributed by atoms with Crippen molar-refractivity contribution in [1.29, 1.82) is 0 Å². The third-order valence-corrected chi connectivity index (χ3v) is 2.28. The summed E-state index contributed by atoms with van der Waals surface area (Å²) in [6.45, 7) is 2.41. The van der Waals surface area contributed by atoms with Crippen LogP contribution in [0.4, 0.5) is 0 Å². The topological polar surface area (TPSA) is 35.5 Å². The molecule has 0 bridgehead atoms. The number of carbonyl (C=O) groups excluding carboxylic acids is 1. The predicted octanol–water partition coefficient (Wildman–Crippen LogP) is 1.89. The summed E-state index contributed by atoms with van der Waals surface area (Å²) in [5.41, 5.74) is 2.17. The minimum atomic E-state index is 0.0513. The van der Waals surface area contributed by atoms with Gasteiger partial charge in [-0.15, -0.1) is 0 Å². The largest absolute Gasteiger partial charge is 0.337 e. The highest BCUT2D eigenvalue weighted by Gasteiger charge is 2.14. The van der Waals surface area contributed by atoms with E-state index in [1.165, 1.54) is 0 Å². The van der Waals surface area contributed by atoms with Crippen molar-refractivity contribution in [3.05, 3.63) is 29.3 Å². The molecular weight excluding hydrogens is 180 g/mol. The first-order valence-corrected chi connectivity index (χ1v) is 4.66. The Morgan fingerprint density at radius 3 is 3.21 bits per heavy atom. The van der Waals surface area contributed by atoms with Gasteiger partial charge in [-0.3, -0.25) is 0 Å². The van der Waals surface area contributed by atoms with Crippen molar-refractivity contribution in [1.82, 2.24) is 0 Å². The Morgan fingerprint density at radius 2 is 2.43 bits per heavy atom. The summed E-state index contributed by atoms with van der Waals surface area (Å²) in [4.78, 5) is 20.3. The molecule has 1 aliphatic heterocycles. The van der Waals surface area contributed by atoms with Gasteiger partial charge in [0.15, 0.2) is 5.75 Å². The van der Waals surface area contributed by atoms with Gasteiger partial charge in [-0.1, -0.05) is 19.1 Å². The average molecular weight is 192 g/mol.